The second-order valence-corrected chi connectivity index (χ2v) is 7.47. The number of rotatable bonds is 3. The lowest BCUT2D eigenvalue weighted by Gasteiger charge is -2.37. The maximum absolute atomic E-state index is 13.4. The van der Waals surface area contributed by atoms with E-state index in [4.69, 9.17) is 0 Å². The third-order valence-corrected chi connectivity index (χ3v) is 5.88. The van der Waals surface area contributed by atoms with Crippen molar-refractivity contribution in [3.8, 4) is 0 Å². The Hall–Kier alpha value is -1.91. The first-order valence-electron chi connectivity index (χ1n) is 7.15. The van der Waals surface area contributed by atoms with Crippen LogP contribution in [0.3, 0.4) is 0 Å². The molecule has 2 aromatic rings. The molecule has 1 aliphatic heterocycles. The number of halogens is 3. The van der Waals surface area contributed by atoms with Crippen LogP contribution in [0.1, 0.15) is 11.9 Å². The molecule has 0 bridgehead atoms. The Morgan fingerprint density at radius 2 is 1.88 bits per heavy atom. The van der Waals surface area contributed by atoms with Gasteiger partial charge in [-0.3, -0.25) is 4.90 Å². The number of hydrogen-bond donors (Lipinski definition) is 1. The Morgan fingerprint density at radius 1 is 1.21 bits per heavy atom. The van der Waals surface area contributed by atoms with E-state index in [2.05, 4.69) is 9.97 Å². The van der Waals surface area contributed by atoms with Crippen LogP contribution in [0.2, 0.25) is 0 Å². The molecule has 1 saturated heterocycles. The summed E-state index contributed by atoms with van der Waals surface area (Å²) in [4.78, 5) is 8.38. The minimum absolute atomic E-state index is 0.0625. The summed E-state index contributed by atoms with van der Waals surface area (Å²) in [6.07, 6.45) is 3.18. The van der Waals surface area contributed by atoms with Crippen LogP contribution in [0.4, 0.5) is 13.2 Å². The van der Waals surface area contributed by atoms with Gasteiger partial charge in [-0.1, -0.05) is 0 Å². The van der Waals surface area contributed by atoms with E-state index in [9.17, 15) is 21.6 Å². The molecule has 1 aliphatic rings. The minimum atomic E-state index is -4.15. The first kappa shape index (κ1) is 16.9. The molecule has 3 rings (SSSR count). The lowest BCUT2D eigenvalue weighted by Crippen LogP contribution is -2.49. The third-order valence-electron chi connectivity index (χ3n) is 4.04. The van der Waals surface area contributed by atoms with Gasteiger partial charge in [-0.25, -0.2) is 26.6 Å². The van der Waals surface area contributed by atoms with Crippen molar-refractivity contribution in [2.45, 2.75) is 10.9 Å². The molecule has 1 N–H and O–H groups in total. The van der Waals surface area contributed by atoms with Crippen molar-refractivity contribution in [3.05, 3.63) is 47.8 Å². The highest BCUT2D eigenvalue weighted by Crippen LogP contribution is 2.27. The van der Waals surface area contributed by atoms with E-state index in [0.29, 0.717) is 24.5 Å². The highest BCUT2D eigenvalue weighted by molar-refractivity contribution is 7.89. The Labute approximate surface area is 137 Å². The zero-order valence-corrected chi connectivity index (χ0v) is 13.5. The summed E-state index contributed by atoms with van der Waals surface area (Å²) < 4.78 is 66.2. The molecule has 24 heavy (non-hydrogen) atoms. The number of piperazine rings is 1. The van der Waals surface area contributed by atoms with Crippen molar-refractivity contribution in [3.63, 3.8) is 0 Å². The molecule has 1 aromatic heterocycles. The predicted octanol–water partition coefficient (Wildman–Crippen LogP) is 1.50. The van der Waals surface area contributed by atoms with Crippen LogP contribution in [0.25, 0.3) is 0 Å². The van der Waals surface area contributed by atoms with Crippen molar-refractivity contribution >= 4 is 10.0 Å². The number of hydrogen-bond acceptors (Lipinski definition) is 4. The van der Waals surface area contributed by atoms with Crippen molar-refractivity contribution in [1.29, 1.82) is 0 Å². The highest BCUT2D eigenvalue weighted by atomic mass is 32.2. The van der Waals surface area contributed by atoms with Gasteiger partial charge in [0.25, 0.3) is 0 Å². The van der Waals surface area contributed by atoms with Gasteiger partial charge in [0.05, 0.1) is 10.9 Å². The molecule has 0 aliphatic carbocycles. The number of aromatic nitrogens is 2. The Bertz CT molecular complexity index is 819. The fourth-order valence-electron chi connectivity index (χ4n) is 2.65. The zero-order chi connectivity index (χ0) is 17.5. The molecule has 1 atom stereocenters. The number of imidazole rings is 1. The summed E-state index contributed by atoms with van der Waals surface area (Å²) in [6, 6.07) is 0.667. The van der Waals surface area contributed by atoms with Gasteiger partial charge in [-0.2, -0.15) is 4.31 Å². The molecule has 0 unspecified atom stereocenters. The fourth-order valence-corrected chi connectivity index (χ4v) is 4.11. The summed E-state index contributed by atoms with van der Waals surface area (Å²) >= 11 is 0. The molecule has 2 heterocycles. The second-order valence-electron chi connectivity index (χ2n) is 5.53. The van der Waals surface area contributed by atoms with Crippen molar-refractivity contribution in [1.82, 2.24) is 19.2 Å². The number of likely N-dealkylation sites (N-methyl/N-ethyl adjacent to an activating group) is 1. The predicted molar refractivity (Wildman–Crippen MR) is 79.0 cm³/mol. The number of H-pyrrole nitrogens is 1. The maximum Gasteiger partial charge on any atom is 0.243 e. The number of aromatic amines is 1. The Kier molecular flexibility index (Phi) is 4.37. The molecule has 1 aromatic carbocycles. The van der Waals surface area contributed by atoms with Gasteiger partial charge in [0.1, 0.15) is 5.82 Å². The van der Waals surface area contributed by atoms with E-state index >= 15 is 0 Å². The van der Waals surface area contributed by atoms with E-state index in [1.165, 1.54) is 0 Å². The van der Waals surface area contributed by atoms with Crippen LogP contribution in [-0.4, -0.2) is 54.3 Å². The molecule has 1 fully saturated rings. The number of nitrogens with zero attached hydrogens (tertiary/aromatic N) is 3. The standard InChI is InChI=1S/C14H15F3N4O2S/c1-20-4-5-21(8-12(20)14-18-2-3-19-14)24(22,23)9-6-10(15)13(17)11(16)7-9/h2-3,6-7,12H,4-5,8H2,1H3,(H,18,19)/t12-/m0/s1. The first-order valence-corrected chi connectivity index (χ1v) is 8.59. The topological polar surface area (TPSA) is 69.3 Å². The van der Waals surface area contributed by atoms with Crippen LogP contribution in [-0.2, 0) is 10.0 Å². The normalized spacial score (nSPS) is 20.4. The monoisotopic (exact) mass is 360 g/mol. The summed E-state index contributed by atoms with van der Waals surface area (Å²) in [5.74, 6) is -4.18. The van der Waals surface area contributed by atoms with Crippen molar-refractivity contribution < 1.29 is 21.6 Å². The molecule has 0 radical (unpaired) electrons. The highest BCUT2D eigenvalue weighted by Gasteiger charge is 2.35. The zero-order valence-electron chi connectivity index (χ0n) is 12.7. The summed E-state index contributed by atoms with van der Waals surface area (Å²) in [7, 11) is -2.33. The molecule has 0 amide bonds. The number of benzene rings is 1. The molecule has 10 heteroatoms. The van der Waals surface area contributed by atoms with E-state index in [0.717, 1.165) is 4.31 Å². The van der Waals surface area contributed by atoms with Gasteiger partial charge >= 0.3 is 0 Å². The van der Waals surface area contributed by atoms with Crippen LogP contribution in [0, 0.1) is 17.5 Å². The van der Waals surface area contributed by atoms with Crippen LogP contribution >= 0.6 is 0 Å². The molecule has 6 nitrogen and oxygen atoms in total. The average Bonchev–Trinajstić information content (AvgIpc) is 3.06. The Balaban J connectivity index is 1.92. The molecular formula is C14H15F3N4O2S. The molecular weight excluding hydrogens is 345 g/mol. The SMILES string of the molecule is CN1CCN(S(=O)(=O)c2cc(F)c(F)c(F)c2)C[C@H]1c1ncc[nH]1. The quantitative estimate of drug-likeness (QED) is 0.843. The van der Waals surface area contributed by atoms with Gasteiger partial charge in [-0.05, 0) is 19.2 Å². The number of sulfonamides is 1. The van der Waals surface area contributed by atoms with Gasteiger partial charge in [0.15, 0.2) is 17.5 Å². The Morgan fingerprint density at radius 3 is 2.46 bits per heavy atom. The van der Waals surface area contributed by atoms with Crippen LogP contribution in [0.5, 0.6) is 0 Å². The van der Waals surface area contributed by atoms with E-state index in [-0.39, 0.29) is 19.1 Å². The largest absolute Gasteiger partial charge is 0.347 e. The molecule has 130 valence electrons. The van der Waals surface area contributed by atoms with Gasteiger partial charge in [-0.15, -0.1) is 0 Å². The van der Waals surface area contributed by atoms with Crippen molar-refractivity contribution in [2.75, 3.05) is 26.7 Å². The van der Waals surface area contributed by atoms with E-state index in [1.54, 1.807) is 12.4 Å². The molecule has 0 saturated carbocycles. The smallest absolute Gasteiger partial charge is 0.243 e. The summed E-state index contributed by atoms with van der Waals surface area (Å²) in [5.41, 5.74) is 0. The van der Waals surface area contributed by atoms with Crippen LogP contribution < -0.4 is 0 Å². The number of nitrogens with one attached hydrogen (secondary N) is 1. The first-order chi connectivity index (χ1) is 11.3. The average molecular weight is 360 g/mol. The maximum atomic E-state index is 13.4. The van der Waals surface area contributed by atoms with Crippen molar-refractivity contribution in [2.24, 2.45) is 0 Å². The lowest BCUT2D eigenvalue weighted by atomic mass is 10.2. The van der Waals surface area contributed by atoms with E-state index in [1.807, 2.05) is 11.9 Å². The van der Waals surface area contributed by atoms with Crippen LogP contribution in [0.15, 0.2) is 29.4 Å². The minimum Gasteiger partial charge on any atom is -0.347 e. The van der Waals surface area contributed by atoms with E-state index < -0.39 is 32.4 Å². The third kappa shape index (κ3) is 2.92. The second kappa shape index (κ2) is 6.19. The fraction of sp³-hybridized carbons (Fsp3) is 0.357. The molecule has 0 spiro atoms. The van der Waals surface area contributed by atoms with Gasteiger partial charge in [0.2, 0.25) is 10.0 Å². The lowest BCUT2D eigenvalue weighted by molar-refractivity contribution is 0.142. The summed E-state index contributed by atoms with van der Waals surface area (Å²) in [5, 5.41) is 0. The van der Waals surface area contributed by atoms with Gasteiger partial charge in [0, 0.05) is 32.0 Å². The van der Waals surface area contributed by atoms with Gasteiger partial charge < -0.3 is 4.98 Å². The summed E-state index contributed by atoms with van der Waals surface area (Å²) in [6.45, 7) is 0.625.